The summed E-state index contributed by atoms with van der Waals surface area (Å²) in [5.74, 6) is -0.436. The molecule has 27 heavy (non-hydrogen) atoms. The van der Waals surface area contributed by atoms with Gasteiger partial charge in [-0.05, 0) is 56.2 Å². The van der Waals surface area contributed by atoms with Crippen LogP contribution < -0.4 is 9.62 Å². The van der Waals surface area contributed by atoms with Gasteiger partial charge < -0.3 is 5.32 Å². The first kappa shape index (κ1) is 20.6. The molecule has 0 unspecified atom stereocenters. The number of nitrogens with one attached hydrogen (secondary N) is 1. The van der Waals surface area contributed by atoms with Crippen LogP contribution in [0.4, 0.5) is 11.4 Å². The molecule has 0 aliphatic rings. The second kappa shape index (κ2) is 8.35. The largest absolute Gasteiger partial charge is 0.326 e. The summed E-state index contributed by atoms with van der Waals surface area (Å²) in [4.78, 5) is 23.8. The van der Waals surface area contributed by atoms with Crippen LogP contribution in [0.15, 0.2) is 42.5 Å². The fourth-order valence-electron chi connectivity index (χ4n) is 2.84. The lowest BCUT2D eigenvalue weighted by atomic mass is 10.1. The third-order valence-electron chi connectivity index (χ3n) is 3.99. The summed E-state index contributed by atoms with van der Waals surface area (Å²) in [6.45, 7) is 5.28. The van der Waals surface area contributed by atoms with Crippen molar-refractivity contribution in [3.8, 4) is 0 Å². The fourth-order valence-corrected chi connectivity index (χ4v) is 3.76. The summed E-state index contributed by atoms with van der Waals surface area (Å²) in [6, 6.07) is 12.1. The summed E-state index contributed by atoms with van der Waals surface area (Å²) >= 11 is 0. The molecule has 144 valence electrons. The molecule has 1 amide bonds. The Bertz CT molecular complexity index is 947. The van der Waals surface area contributed by atoms with E-state index in [4.69, 9.17) is 0 Å². The highest BCUT2D eigenvalue weighted by atomic mass is 32.2. The average molecular weight is 388 g/mol. The van der Waals surface area contributed by atoms with E-state index in [1.54, 1.807) is 18.2 Å². The maximum Gasteiger partial charge on any atom is 0.232 e. The SMILES string of the molecule is CC(=O)c1cccc(N(CCC(=O)Nc2cc(C)cc(C)c2)S(C)(=O)=O)c1. The van der Waals surface area contributed by atoms with E-state index in [0.29, 0.717) is 16.9 Å². The molecular formula is C20H24N2O4S. The highest BCUT2D eigenvalue weighted by molar-refractivity contribution is 7.92. The van der Waals surface area contributed by atoms with Crippen molar-refractivity contribution in [1.82, 2.24) is 0 Å². The molecule has 2 rings (SSSR count). The molecule has 0 saturated carbocycles. The number of rotatable bonds is 7. The zero-order chi connectivity index (χ0) is 20.2. The molecule has 0 heterocycles. The molecule has 0 aliphatic carbocycles. The monoisotopic (exact) mass is 388 g/mol. The van der Waals surface area contributed by atoms with Gasteiger partial charge in [0.15, 0.2) is 5.78 Å². The van der Waals surface area contributed by atoms with Crippen LogP contribution in [-0.4, -0.2) is 32.9 Å². The molecule has 0 fully saturated rings. The summed E-state index contributed by atoms with van der Waals surface area (Å²) in [7, 11) is -3.60. The first-order valence-corrected chi connectivity index (χ1v) is 10.4. The molecule has 0 aliphatic heterocycles. The summed E-state index contributed by atoms with van der Waals surface area (Å²) in [6.07, 6.45) is 1.07. The standard InChI is InChI=1S/C20H24N2O4S/c1-14-10-15(2)12-18(11-14)21-20(24)8-9-22(27(4,25)26)19-7-5-6-17(13-19)16(3)23/h5-7,10-13H,8-9H2,1-4H3,(H,21,24). The molecule has 2 aromatic carbocycles. The lowest BCUT2D eigenvalue weighted by Gasteiger charge is -2.22. The van der Waals surface area contributed by atoms with Gasteiger partial charge in [0.2, 0.25) is 15.9 Å². The quantitative estimate of drug-likeness (QED) is 0.738. The number of amides is 1. The number of hydrogen-bond donors (Lipinski definition) is 1. The van der Waals surface area contributed by atoms with Gasteiger partial charge in [-0.15, -0.1) is 0 Å². The van der Waals surface area contributed by atoms with Crippen LogP contribution in [0.1, 0.15) is 34.8 Å². The molecule has 0 saturated heterocycles. The van der Waals surface area contributed by atoms with Crippen LogP contribution in [0.25, 0.3) is 0 Å². The fraction of sp³-hybridized carbons (Fsp3) is 0.300. The lowest BCUT2D eigenvalue weighted by molar-refractivity contribution is -0.116. The van der Waals surface area contributed by atoms with E-state index in [0.717, 1.165) is 21.7 Å². The van der Waals surface area contributed by atoms with E-state index in [1.165, 1.54) is 13.0 Å². The Kier molecular flexibility index (Phi) is 6.38. The molecule has 7 heteroatoms. The van der Waals surface area contributed by atoms with Crippen molar-refractivity contribution < 1.29 is 18.0 Å². The number of ketones is 1. The van der Waals surface area contributed by atoms with Crippen molar-refractivity contribution in [3.63, 3.8) is 0 Å². The van der Waals surface area contributed by atoms with Gasteiger partial charge in [-0.2, -0.15) is 0 Å². The number of aryl methyl sites for hydroxylation is 2. The third-order valence-corrected chi connectivity index (χ3v) is 5.18. The van der Waals surface area contributed by atoms with Gasteiger partial charge in [-0.25, -0.2) is 8.42 Å². The normalized spacial score (nSPS) is 11.1. The lowest BCUT2D eigenvalue weighted by Crippen LogP contribution is -2.33. The molecule has 6 nitrogen and oxygen atoms in total. The van der Waals surface area contributed by atoms with Gasteiger partial charge in [0.25, 0.3) is 0 Å². The Labute approximate surface area is 160 Å². The van der Waals surface area contributed by atoms with Gasteiger partial charge in [-0.3, -0.25) is 13.9 Å². The van der Waals surface area contributed by atoms with Crippen LogP contribution >= 0.6 is 0 Å². The van der Waals surface area contributed by atoms with Crippen LogP contribution in [0.2, 0.25) is 0 Å². The number of Topliss-reactive ketones (excluding diaryl/α,β-unsaturated/α-hetero) is 1. The van der Waals surface area contributed by atoms with E-state index in [1.807, 2.05) is 32.0 Å². The Morgan fingerprint density at radius 1 is 1.04 bits per heavy atom. The van der Waals surface area contributed by atoms with Crippen molar-refractivity contribution in [2.45, 2.75) is 27.2 Å². The van der Waals surface area contributed by atoms with Crippen LogP contribution in [0.5, 0.6) is 0 Å². The number of hydrogen-bond acceptors (Lipinski definition) is 4. The second-order valence-electron chi connectivity index (χ2n) is 6.62. The van der Waals surface area contributed by atoms with Crippen molar-refractivity contribution in [3.05, 3.63) is 59.2 Å². The van der Waals surface area contributed by atoms with Crippen molar-refractivity contribution in [1.29, 1.82) is 0 Å². The van der Waals surface area contributed by atoms with Gasteiger partial charge in [0.05, 0.1) is 11.9 Å². The maximum absolute atomic E-state index is 12.3. The molecule has 0 spiro atoms. The number of carbonyl (C=O) groups excluding carboxylic acids is 2. The third kappa shape index (κ3) is 5.92. The minimum Gasteiger partial charge on any atom is -0.326 e. The Morgan fingerprint density at radius 3 is 2.22 bits per heavy atom. The van der Waals surface area contributed by atoms with E-state index >= 15 is 0 Å². The van der Waals surface area contributed by atoms with Crippen LogP contribution in [0, 0.1) is 13.8 Å². The van der Waals surface area contributed by atoms with E-state index in [2.05, 4.69) is 5.32 Å². The second-order valence-corrected chi connectivity index (χ2v) is 8.52. The molecule has 0 aromatic heterocycles. The number of carbonyl (C=O) groups is 2. The summed E-state index contributed by atoms with van der Waals surface area (Å²) in [5.41, 5.74) is 3.53. The topological polar surface area (TPSA) is 83.6 Å². The van der Waals surface area contributed by atoms with Gasteiger partial charge in [0.1, 0.15) is 0 Å². The van der Waals surface area contributed by atoms with Gasteiger partial charge in [0, 0.05) is 24.2 Å². The van der Waals surface area contributed by atoms with Crippen molar-refractivity contribution >= 4 is 33.1 Å². The van der Waals surface area contributed by atoms with Crippen LogP contribution in [0.3, 0.4) is 0 Å². The van der Waals surface area contributed by atoms with Crippen molar-refractivity contribution in [2.24, 2.45) is 0 Å². The molecule has 2 aromatic rings. The van der Waals surface area contributed by atoms with Crippen LogP contribution in [-0.2, 0) is 14.8 Å². The number of nitrogens with zero attached hydrogens (tertiary/aromatic N) is 1. The maximum atomic E-state index is 12.3. The average Bonchev–Trinajstić information content (AvgIpc) is 2.53. The van der Waals surface area contributed by atoms with E-state index in [-0.39, 0.29) is 24.7 Å². The first-order chi connectivity index (χ1) is 12.6. The summed E-state index contributed by atoms with van der Waals surface area (Å²) < 4.78 is 25.5. The van der Waals surface area contributed by atoms with Gasteiger partial charge >= 0.3 is 0 Å². The highest BCUT2D eigenvalue weighted by Crippen LogP contribution is 2.20. The Morgan fingerprint density at radius 2 is 1.67 bits per heavy atom. The molecule has 0 atom stereocenters. The highest BCUT2D eigenvalue weighted by Gasteiger charge is 2.19. The molecule has 0 radical (unpaired) electrons. The minimum atomic E-state index is -3.60. The van der Waals surface area contributed by atoms with Gasteiger partial charge in [-0.1, -0.05) is 18.2 Å². The Balaban J connectivity index is 2.14. The smallest absolute Gasteiger partial charge is 0.232 e. The first-order valence-electron chi connectivity index (χ1n) is 8.53. The van der Waals surface area contributed by atoms with Crippen molar-refractivity contribution in [2.75, 3.05) is 22.4 Å². The number of sulfonamides is 1. The summed E-state index contributed by atoms with van der Waals surface area (Å²) in [5, 5.41) is 2.80. The zero-order valence-corrected chi connectivity index (χ0v) is 16.8. The zero-order valence-electron chi connectivity index (χ0n) is 15.9. The minimum absolute atomic E-state index is 0.00956. The number of benzene rings is 2. The Hall–Kier alpha value is -2.67. The van der Waals surface area contributed by atoms with E-state index in [9.17, 15) is 18.0 Å². The van der Waals surface area contributed by atoms with E-state index < -0.39 is 10.0 Å². The molecule has 0 bridgehead atoms. The molecule has 1 N–H and O–H groups in total. The predicted octanol–water partition coefficient (Wildman–Crippen LogP) is 3.30. The predicted molar refractivity (Wildman–Crippen MR) is 108 cm³/mol. The molecular weight excluding hydrogens is 364 g/mol. The number of anilines is 2.